The lowest BCUT2D eigenvalue weighted by molar-refractivity contribution is -0.274. The van der Waals surface area contributed by atoms with Gasteiger partial charge in [0.05, 0.1) is 5.69 Å². The van der Waals surface area contributed by atoms with Crippen LogP contribution in [-0.4, -0.2) is 35.5 Å². The first-order valence-electron chi connectivity index (χ1n) is 10.7. The molecule has 0 saturated heterocycles. The Balaban J connectivity index is 0.00000187. The van der Waals surface area contributed by atoms with Crippen LogP contribution in [0.2, 0.25) is 0 Å². The van der Waals surface area contributed by atoms with Gasteiger partial charge < -0.3 is 20.1 Å². The van der Waals surface area contributed by atoms with E-state index >= 15 is 0 Å². The molecule has 9 heteroatoms. The summed E-state index contributed by atoms with van der Waals surface area (Å²) in [7, 11) is 0. The minimum Gasteiger partial charge on any atom is -0.492 e. The molecule has 0 unspecified atom stereocenters. The molecule has 0 aliphatic carbocycles. The Morgan fingerprint density at radius 3 is 2.15 bits per heavy atom. The van der Waals surface area contributed by atoms with E-state index in [-0.39, 0.29) is 5.75 Å². The zero-order chi connectivity index (χ0) is 24.3. The largest absolute Gasteiger partial charge is 0.573 e. The molecule has 33 heavy (non-hydrogen) atoms. The zero-order valence-corrected chi connectivity index (χ0v) is 19.1. The van der Waals surface area contributed by atoms with Crippen LogP contribution in [0.15, 0.2) is 60.9 Å². The summed E-state index contributed by atoms with van der Waals surface area (Å²) in [6, 6.07) is 15.1. The van der Waals surface area contributed by atoms with Gasteiger partial charge in [-0.05, 0) is 48.5 Å². The SMILES string of the molecule is CC.CC(C)NCCOc1ccc(-c2cc(Nc3ccc(OC(F)(F)F)cc3)ncn2)cc1. The Morgan fingerprint density at radius 2 is 1.55 bits per heavy atom. The monoisotopic (exact) mass is 462 g/mol. The number of anilines is 2. The Labute approximate surface area is 192 Å². The Kier molecular flexibility index (Phi) is 9.93. The highest BCUT2D eigenvalue weighted by atomic mass is 19.4. The van der Waals surface area contributed by atoms with Gasteiger partial charge in [-0.25, -0.2) is 9.97 Å². The third-order valence-electron chi connectivity index (χ3n) is 4.10. The number of hydrogen-bond donors (Lipinski definition) is 2. The summed E-state index contributed by atoms with van der Waals surface area (Å²) in [4.78, 5) is 8.44. The maximum Gasteiger partial charge on any atom is 0.573 e. The fourth-order valence-corrected chi connectivity index (χ4v) is 2.71. The van der Waals surface area contributed by atoms with E-state index < -0.39 is 6.36 Å². The Morgan fingerprint density at radius 1 is 0.909 bits per heavy atom. The zero-order valence-electron chi connectivity index (χ0n) is 19.1. The van der Waals surface area contributed by atoms with Gasteiger partial charge in [0.15, 0.2) is 0 Å². The van der Waals surface area contributed by atoms with Gasteiger partial charge in [0.25, 0.3) is 0 Å². The van der Waals surface area contributed by atoms with Crippen LogP contribution in [-0.2, 0) is 0 Å². The van der Waals surface area contributed by atoms with Gasteiger partial charge in [0.2, 0.25) is 0 Å². The van der Waals surface area contributed by atoms with E-state index in [0.29, 0.717) is 29.8 Å². The van der Waals surface area contributed by atoms with Crippen molar-refractivity contribution in [2.45, 2.75) is 40.1 Å². The standard InChI is InChI=1S/C22H23F3N4O2.C2H6/c1-15(2)26-11-12-30-18-7-3-16(4-8-18)20-13-21(28-14-27-20)29-17-5-9-19(10-6-17)31-22(23,24)25;1-2/h3-10,13-15,26H,11-12H2,1-2H3,(H,27,28,29);1-2H3. The highest BCUT2D eigenvalue weighted by Gasteiger charge is 2.30. The van der Waals surface area contributed by atoms with Crippen molar-refractivity contribution in [2.75, 3.05) is 18.5 Å². The molecular weight excluding hydrogens is 433 g/mol. The van der Waals surface area contributed by atoms with Crippen LogP contribution in [0.25, 0.3) is 11.3 Å². The topological polar surface area (TPSA) is 68.3 Å². The smallest absolute Gasteiger partial charge is 0.492 e. The molecule has 0 atom stereocenters. The molecule has 1 heterocycles. The molecule has 3 aromatic rings. The quantitative estimate of drug-likeness (QED) is 0.370. The fourth-order valence-electron chi connectivity index (χ4n) is 2.71. The number of benzene rings is 2. The number of ether oxygens (including phenoxy) is 2. The van der Waals surface area contributed by atoms with E-state index in [2.05, 4.69) is 39.2 Å². The third-order valence-corrected chi connectivity index (χ3v) is 4.10. The second-order valence-electron chi connectivity index (χ2n) is 6.97. The average molecular weight is 463 g/mol. The van der Waals surface area contributed by atoms with Gasteiger partial charge in [0, 0.05) is 29.9 Å². The maximum absolute atomic E-state index is 12.3. The molecule has 3 rings (SSSR count). The summed E-state index contributed by atoms with van der Waals surface area (Å²) in [6.07, 6.45) is -3.30. The minimum atomic E-state index is -4.72. The number of nitrogens with one attached hydrogen (secondary N) is 2. The Bertz CT molecular complexity index is 963. The molecule has 0 radical (unpaired) electrons. The van der Waals surface area contributed by atoms with Crippen LogP contribution in [0.3, 0.4) is 0 Å². The molecule has 0 aliphatic heterocycles. The molecule has 6 nitrogen and oxygen atoms in total. The second kappa shape index (κ2) is 12.6. The molecule has 2 N–H and O–H groups in total. The van der Waals surface area contributed by atoms with E-state index in [1.165, 1.54) is 30.6 Å². The lowest BCUT2D eigenvalue weighted by atomic mass is 10.1. The van der Waals surface area contributed by atoms with Gasteiger partial charge in [-0.3, -0.25) is 0 Å². The number of alkyl halides is 3. The lowest BCUT2D eigenvalue weighted by Crippen LogP contribution is -2.27. The van der Waals surface area contributed by atoms with Crippen LogP contribution in [0.5, 0.6) is 11.5 Å². The summed E-state index contributed by atoms with van der Waals surface area (Å²) in [6.45, 7) is 9.50. The molecule has 0 saturated carbocycles. The first-order valence-corrected chi connectivity index (χ1v) is 10.7. The predicted molar refractivity (Wildman–Crippen MR) is 124 cm³/mol. The van der Waals surface area contributed by atoms with Gasteiger partial charge in [-0.1, -0.05) is 27.7 Å². The summed E-state index contributed by atoms with van der Waals surface area (Å²) in [5.41, 5.74) is 2.15. The fraction of sp³-hybridized carbons (Fsp3) is 0.333. The van der Waals surface area contributed by atoms with Crippen molar-refractivity contribution in [3.8, 4) is 22.8 Å². The molecule has 0 fully saturated rings. The first kappa shape index (κ1) is 25.9. The van der Waals surface area contributed by atoms with Crippen LogP contribution in [0.1, 0.15) is 27.7 Å². The second-order valence-corrected chi connectivity index (χ2v) is 6.97. The summed E-state index contributed by atoms with van der Waals surface area (Å²) < 4.78 is 46.4. The van der Waals surface area contributed by atoms with Gasteiger partial charge in [-0.2, -0.15) is 0 Å². The van der Waals surface area contributed by atoms with E-state index in [1.807, 2.05) is 38.1 Å². The third kappa shape index (κ3) is 9.36. The van der Waals surface area contributed by atoms with Gasteiger partial charge in [0.1, 0.15) is 30.3 Å². The number of rotatable bonds is 9. The van der Waals surface area contributed by atoms with Crippen LogP contribution in [0, 0.1) is 0 Å². The molecule has 0 aliphatic rings. The van der Waals surface area contributed by atoms with Crippen molar-refractivity contribution in [2.24, 2.45) is 0 Å². The van der Waals surface area contributed by atoms with Crippen molar-refractivity contribution in [3.63, 3.8) is 0 Å². The van der Waals surface area contributed by atoms with E-state index in [1.54, 1.807) is 6.07 Å². The molecule has 0 bridgehead atoms. The van der Waals surface area contributed by atoms with Gasteiger partial charge in [-0.15, -0.1) is 13.2 Å². The van der Waals surface area contributed by atoms with Crippen molar-refractivity contribution in [1.29, 1.82) is 0 Å². The van der Waals surface area contributed by atoms with E-state index in [0.717, 1.165) is 17.9 Å². The lowest BCUT2D eigenvalue weighted by Gasteiger charge is -2.11. The number of nitrogens with zero attached hydrogens (tertiary/aromatic N) is 2. The molecular formula is C24H29F3N4O2. The number of aromatic nitrogens is 2. The maximum atomic E-state index is 12.3. The Hall–Kier alpha value is -3.33. The summed E-state index contributed by atoms with van der Waals surface area (Å²) in [5, 5.41) is 6.33. The number of halogens is 3. The summed E-state index contributed by atoms with van der Waals surface area (Å²) >= 11 is 0. The normalized spacial score (nSPS) is 10.9. The molecule has 1 aromatic heterocycles. The van der Waals surface area contributed by atoms with Crippen LogP contribution < -0.4 is 20.1 Å². The van der Waals surface area contributed by atoms with Crippen molar-refractivity contribution in [3.05, 3.63) is 60.9 Å². The van der Waals surface area contributed by atoms with Crippen molar-refractivity contribution in [1.82, 2.24) is 15.3 Å². The highest BCUT2D eigenvalue weighted by Crippen LogP contribution is 2.26. The minimum absolute atomic E-state index is 0.288. The molecule has 0 amide bonds. The highest BCUT2D eigenvalue weighted by molar-refractivity contribution is 5.66. The first-order chi connectivity index (χ1) is 15.8. The molecule has 178 valence electrons. The predicted octanol–water partition coefficient (Wildman–Crippen LogP) is 6.19. The average Bonchev–Trinajstić information content (AvgIpc) is 2.79. The van der Waals surface area contributed by atoms with Crippen molar-refractivity contribution < 1.29 is 22.6 Å². The van der Waals surface area contributed by atoms with Gasteiger partial charge >= 0.3 is 6.36 Å². The van der Waals surface area contributed by atoms with Crippen molar-refractivity contribution >= 4 is 11.5 Å². The summed E-state index contributed by atoms with van der Waals surface area (Å²) in [5.74, 6) is 0.987. The van der Waals surface area contributed by atoms with Crippen LogP contribution in [0.4, 0.5) is 24.7 Å². The number of hydrogen-bond acceptors (Lipinski definition) is 6. The van der Waals surface area contributed by atoms with Crippen LogP contribution >= 0.6 is 0 Å². The molecule has 2 aromatic carbocycles. The molecule has 0 spiro atoms. The van der Waals surface area contributed by atoms with E-state index in [9.17, 15) is 13.2 Å². The van der Waals surface area contributed by atoms with E-state index in [4.69, 9.17) is 4.74 Å².